The molecule has 2 rings (SSSR count). The van der Waals surface area contributed by atoms with Crippen molar-refractivity contribution >= 4 is 11.6 Å². The number of nitrogen functional groups attached to an aromatic ring is 1. The summed E-state index contributed by atoms with van der Waals surface area (Å²) in [5, 5.41) is 9.56. The second kappa shape index (κ2) is 6.07. The van der Waals surface area contributed by atoms with Gasteiger partial charge < -0.3 is 15.4 Å². The number of piperidine rings is 1. The molecule has 1 aliphatic rings. The van der Waals surface area contributed by atoms with Gasteiger partial charge in [0.25, 0.3) is 0 Å². The topological polar surface area (TPSA) is 74.4 Å². The van der Waals surface area contributed by atoms with Gasteiger partial charge in [0.15, 0.2) is 0 Å². The van der Waals surface area contributed by atoms with Crippen LogP contribution in [0.3, 0.4) is 0 Å². The first kappa shape index (κ1) is 15.8. The lowest BCUT2D eigenvalue weighted by molar-refractivity contribution is -0.137. The number of hydrogen-bond acceptors (Lipinski definition) is 5. The van der Waals surface area contributed by atoms with E-state index in [9.17, 15) is 18.3 Å². The molecule has 1 fully saturated rings. The molecule has 1 unspecified atom stereocenters. The maximum atomic E-state index is 12.9. The average molecular weight is 304 g/mol. The number of nitrogens with zero attached hydrogens (tertiary/aromatic N) is 2. The molecule has 0 saturated carbocycles. The first-order chi connectivity index (χ1) is 9.81. The number of hydrogen-bond donors (Lipinski definition) is 3. The van der Waals surface area contributed by atoms with Crippen molar-refractivity contribution < 1.29 is 18.3 Å². The quantitative estimate of drug-likeness (QED) is 0.588. The highest BCUT2D eigenvalue weighted by atomic mass is 19.4. The molecular formula is C13H19F3N4O. The van der Waals surface area contributed by atoms with Crippen LogP contribution >= 0.6 is 0 Å². The van der Waals surface area contributed by atoms with Crippen LogP contribution in [0.5, 0.6) is 0 Å². The summed E-state index contributed by atoms with van der Waals surface area (Å²) >= 11 is 0. The van der Waals surface area contributed by atoms with Crippen LogP contribution in [-0.4, -0.2) is 29.3 Å². The van der Waals surface area contributed by atoms with Crippen LogP contribution in [0.4, 0.5) is 24.8 Å². The van der Waals surface area contributed by atoms with Crippen molar-refractivity contribution in [3.8, 4) is 0 Å². The maximum absolute atomic E-state index is 12.9. The summed E-state index contributed by atoms with van der Waals surface area (Å²) in [5.41, 5.74) is 1.39. The van der Waals surface area contributed by atoms with E-state index in [1.165, 1.54) is 0 Å². The molecule has 0 aliphatic carbocycles. The highest BCUT2D eigenvalue weighted by Crippen LogP contribution is 2.33. The lowest BCUT2D eigenvalue weighted by Crippen LogP contribution is -2.37. The number of alkyl halides is 3. The number of aromatic nitrogens is 1. The third-order valence-electron chi connectivity index (χ3n) is 3.83. The zero-order valence-electron chi connectivity index (χ0n) is 11.7. The van der Waals surface area contributed by atoms with E-state index >= 15 is 0 Å². The standard InChI is InChI=1S/C13H19F3N4O/c1-8(21)9-2-4-20(5-3-9)12-7-10(13(14,15)16)6-11(18-12)19-17/h6-9,21H,2-5,17H2,1H3,(H,18,19). The first-order valence-electron chi connectivity index (χ1n) is 6.80. The molecule has 0 radical (unpaired) electrons. The molecule has 5 nitrogen and oxygen atoms in total. The van der Waals surface area contributed by atoms with Crippen LogP contribution in [0.15, 0.2) is 12.1 Å². The summed E-state index contributed by atoms with van der Waals surface area (Å²) in [4.78, 5) is 5.87. The van der Waals surface area contributed by atoms with E-state index in [2.05, 4.69) is 10.4 Å². The van der Waals surface area contributed by atoms with E-state index in [0.717, 1.165) is 25.0 Å². The molecule has 21 heavy (non-hydrogen) atoms. The minimum atomic E-state index is -4.44. The fourth-order valence-electron chi connectivity index (χ4n) is 2.53. The largest absolute Gasteiger partial charge is 0.416 e. The zero-order valence-corrected chi connectivity index (χ0v) is 11.7. The summed E-state index contributed by atoms with van der Waals surface area (Å²) in [6.07, 6.45) is -3.40. The Labute approximate surface area is 120 Å². The lowest BCUT2D eigenvalue weighted by Gasteiger charge is -2.34. The predicted octanol–water partition coefficient (Wildman–Crippen LogP) is 1.98. The molecule has 0 bridgehead atoms. The maximum Gasteiger partial charge on any atom is 0.416 e. The molecule has 1 aromatic heterocycles. The van der Waals surface area contributed by atoms with Crippen molar-refractivity contribution in [1.82, 2.24) is 4.98 Å². The van der Waals surface area contributed by atoms with E-state index in [-0.39, 0.29) is 17.6 Å². The Hall–Kier alpha value is -1.54. The summed E-state index contributed by atoms with van der Waals surface area (Å²) in [6.45, 7) is 2.86. The van der Waals surface area contributed by atoms with Gasteiger partial charge in [0, 0.05) is 13.1 Å². The van der Waals surface area contributed by atoms with Gasteiger partial charge in [-0.25, -0.2) is 10.8 Å². The van der Waals surface area contributed by atoms with Crippen molar-refractivity contribution in [2.75, 3.05) is 23.4 Å². The van der Waals surface area contributed by atoms with Gasteiger partial charge in [0.05, 0.1) is 11.7 Å². The number of rotatable bonds is 3. The minimum absolute atomic E-state index is 0.0162. The van der Waals surface area contributed by atoms with Crippen LogP contribution in [0.1, 0.15) is 25.3 Å². The second-order valence-electron chi connectivity index (χ2n) is 5.31. The number of aliphatic hydroxyl groups excluding tert-OH is 1. The Bertz CT molecular complexity index is 485. The average Bonchev–Trinajstić information content (AvgIpc) is 2.46. The number of pyridine rings is 1. The Morgan fingerprint density at radius 3 is 2.48 bits per heavy atom. The number of anilines is 2. The van der Waals surface area contributed by atoms with Crippen LogP contribution in [0.25, 0.3) is 0 Å². The molecule has 1 saturated heterocycles. The molecule has 8 heteroatoms. The molecule has 1 aromatic rings. The van der Waals surface area contributed by atoms with Gasteiger partial charge in [0.1, 0.15) is 11.6 Å². The normalized spacial score (nSPS) is 18.7. The minimum Gasteiger partial charge on any atom is -0.393 e. The van der Waals surface area contributed by atoms with E-state index < -0.39 is 17.8 Å². The highest BCUT2D eigenvalue weighted by molar-refractivity contribution is 5.51. The molecule has 0 aromatic carbocycles. The monoisotopic (exact) mass is 304 g/mol. The molecule has 0 amide bonds. The number of nitrogens with one attached hydrogen (secondary N) is 1. The summed E-state index contributed by atoms with van der Waals surface area (Å²) < 4.78 is 38.6. The van der Waals surface area contributed by atoms with E-state index in [0.29, 0.717) is 13.1 Å². The van der Waals surface area contributed by atoms with Crippen LogP contribution in [0, 0.1) is 5.92 Å². The van der Waals surface area contributed by atoms with E-state index in [1.807, 2.05) is 0 Å². The van der Waals surface area contributed by atoms with Crippen LogP contribution in [-0.2, 0) is 6.18 Å². The Morgan fingerprint density at radius 2 is 2.00 bits per heavy atom. The van der Waals surface area contributed by atoms with Gasteiger partial charge >= 0.3 is 6.18 Å². The van der Waals surface area contributed by atoms with Gasteiger partial charge in [-0.3, -0.25) is 0 Å². The smallest absolute Gasteiger partial charge is 0.393 e. The van der Waals surface area contributed by atoms with Crippen molar-refractivity contribution in [1.29, 1.82) is 0 Å². The van der Waals surface area contributed by atoms with Gasteiger partial charge in [0.2, 0.25) is 0 Å². The zero-order chi connectivity index (χ0) is 15.6. The Kier molecular flexibility index (Phi) is 4.58. The van der Waals surface area contributed by atoms with Gasteiger partial charge in [-0.1, -0.05) is 0 Å². The number of hydrazine groups is 1. The van der Waals surface area contributed by atoms with Gasteiger partial charge in [-0.05, 0) is 37.8 Å². The lowest BCUT2D eigenvalue weighted by atomic mass is 9.92. The summed E-state index contributed by atoms with van der Waals surface area (Å²) in [7, 11) is 0. The Morgan fingerprint density at radius 1 is 1.38 bits per heavy atom. The fraction of sp³-hybridized carbons (Fsp3) is 0.615. The van der Waals surface area contributed by atoms with E-state index in [1.54, 1.807) is 11.8 Å². The highest BCUT2D eigenvalue weighted by Gasteiger charge is 2.33. The van der Waals surface area contributed by atoms with Crippen molar-refractivity contribution in [2.45, 2.75) is 32.0 Å². The van der Waals surface area contributed by atoms with Crippen molar-refractivity contribution in [2.24, 2.45) is 11.8 Å². The summed E-state index contributed by atoms with van der Waals surface area (Å²) in [6, 6.07) is 1.91. The molecular weight excluding hydrogens is 285 g/mol. The number of aliphatic hydroxyl groups is 1. The predicted molar refractivity (Wildman–Crippen MR) is 73.7 cm³/mol. The summed E-state index contributed by atoms with van der Waals surface area (Å²) in [5.74, 6) is 5.61. The van der Waals surface area contributed by atoms with E-state index in [4.69, 9.17) is 5.84 Å². The first-order valence-corrected chi connectivity index (χ1v) is 6.80. The second-order valence-corrected chi connectivity index (χ2v) is 5.31. The van der Waals surface area contributed by atoms with Crippen molar-refractivity contribution in [3.05, 3.63) is 17.7 Å². The third kappa shape index (κ3) is 3.76. The van der Waals surface area contributed by atoms with Gasteiger partial charge in [-0.2, -0.15) is 13.2 Å². The number of halogens is 3. The van der Waals surface area contributed by atoms with Crippen LogP contribution in [0.2, 0.25) is 0 Å². The van der Waals surface area contributed by atoms with Crippen LogP contribution < -0.4 is 16.2 Å². The SMILES string of the molecule is CC(O)C1CCN(c2cc(C(F)(F)F)cc(NN)n2)CC1. The molecule has 0 spiro atoms. The molecule has 1 atom stereocenters. The van der Waals surface area contributed by atoms with Crippen molar-refractivity contribution in [3.63, 3.8) is 0 Å². The number of nitrogens with two attached hydrogens (primary N) is 1. The molecule has 2 heterocycles. The molecule has 118 valence electrons. The molecule has 4 N–H and O–H groups in total. The third-order valence-corrected chi connectivity index (χ3v) is 3.83. The fourth-order valence-corrected chi connectivity index (χ4v) is 2.53. The van der Waals surface area contributed by atoms with Gasteiger partial charge in [-0.15, -0.1) is 0 Å². The molecule has 1 aliphatic heterocycles. The Balaban J connectivity index is 2.20.